The quantitative estimate of drug-likeness (QED) is 0.802. The van der Waals surface area contributed by atoms with Gasteiger partial charge in [0.1, 0.15) is 0 Å². The highest BCUT2D eigenvalue weighted by atomic mass is 16.5. The van der Waals surface area contributed by atoms with Crippen LogP contribution in [0, 0.1) is 5.92 Å². The maximum absolute atomic E-state index is 5.87. The monoisotopic (exact) mass is 248 g/mol. The van der Waals surface area contributed by atoms with Crippen molar-refractivity contribution >= 4 is 0 Å². The van der Waals surface area contributed by atoms with Gasteiger partial charge in [-0.25, -0.2) is 0 Å². The number of rotatable bonds is 7. The molecular formula is C15H24N2O. The fraction of sp³-hybridized carbons (Fsp3) is 0.600. The van der Waals surface area contributed by atoms with Crippen molar-refractivity contribution in [2.24, 2.45) is 11.7 Å². The number of likely N-dealkylation sites (N-methyl/N-ethyl adjacent to an activating group) is 1. The molecule has 0 bridgehead atoms. The summed E-state index contributed by atoms with van der Waals surface area (Å²) in [6, 6.07) is 9.20. The highest BCUT2D eigenvalue weighted by Gasteiger charge is 2.32. The first-order valence-corrected chi connectivity index (χ1v) is 6.71. The average Bonchev–Trinajstić information content (AvgIpc) is 3.17. The van der Waals surface area contributed by atoms with Crippen molar-refractivity contribution in [1.82, 2.24) is 4.90 Å². The highest BCUT2D eigenvalue weighted by Crippen LogP contribution is 2.34. The molecule has 3 heteroatoms. The van der Waals surface area contributed by atoms with Crippen molar-refractivity contribution in [2.75, 3.05) is 20.7 Å². The molecule has 0 heterocycles. The zero-order valence-corrected chi connectivity index (χ0v) is 11.4. The van der Waals surface area contributed by atoms with Gasteiger partial charge in [-0.05, 0) is 36.9 Å². The summed E-state index contributed by atoms with van der Waals surface area (Å²) in [7, 11) is 3.90. The summed E-state index contributed by atoms with van der Waals surface area (Å²) in [4.78, 5) is 2.39. The molecular weight excluding hydrogens is 224 g/mol. The molecule has 0 saturated heterocycles. The van der Waals surface area contributed by atoms with Crippen molar-refractivity contribution in [1.29, 1.82) is 0 Å². The molecule has 1 atom stereocenters. The number of hydrogen-bond donors (Lipinski definition) is 1. The van der Waals surface area contributed by atoms with Gasteiger partial charge in [0.15, 0.2) is 0 Å². The summed E-state index contributed by atoms with van der Waals surface area (Å²) in [5.41, 5.74) is 8.44. The van der Waals surface area contributed by atoms with E-state index in [1.807, 2.05) is 0 Å². The Balaban J connectivity index is 1.91. The van der Waals surface area contributed by atoms with E-state index in [2.05, 4.69) is 36.2 Å². The zero-order chi connectivity index (χ0) is 13.0. The molecule has 3 nitrogen and oxygen atoms in total. The lowest BCUT2D eigenvalue weighted by atomic mass is 10.1. The molecule has 1 aromatic carbocycles. The van der Waals surface area contributed by atoms with Crippen LogP contribution in [0.1, 0.15) is 24.0 Å². The number of benzene rings is 1. The summed E-state index contributed by atoms with van der Waals surface area (Å²) in [6.45, 7) is 2.43. The zero-order valence-electron chi connectivity index (χ0n) is 11.4. The normalized spacial score (nSPS) is 17.1. The number of ether oxygens (including phenoxy) is 1. The molecule has 1 aliphatic carbocycles. The largest absolute Gasteiger partial charge is 0.380 e. The first kappa shape index (κ1) is 13.5. The SMILES string of the molecule is COCc1ccc(CN(C)C(CN)C2CC2)cc1. The molecule has 100 valence electrons. The molecule has 1 aromatic rings. The fourth-order valence-electron chi connectivity index (χ4n) is 2.53. The number of nitrogens with zero attached hydrogens (tertiary/aromatic N) is 1. The smallest absolute Gasteiger partial charge is 0.0713 e. The third kappa shape index (κ3) is 3.55. The van der Waals surface area contributed by atoms with Crippen LogP contribution >= 0.6 is 0 Å². The molecule has 1 aliphatic rings. The van der Waals surface area contributed by atoms with Crippen LogP contribution in [0.25, 0.3) is 0 Å². The molecule has 2 N–H and O–H groups in total. The Morgan fingerprint density at radius 3 is 2.39 bits per heavy atom. The molecule has 0 aliphatic heterocycles. The van der Waals surface area contributed by atoms with E-state index in [1.54, 1.807) is 7.11 Å². The van der Waals surface area contributed by atoms with E-state index in [0.717, 1.165) is 19.0 Å². The number of methoxy groups -OCH3 is 1. The third-order valence-corrected chi connectivity index (χ3v) is 3.74. The Morgan fingerprint density at radius 2 is 1.89 bits per heavy atom. The lowest BCUT2D eigenvalue weighted by Crippen LogP contribution is -2.39. The Hall–Kier alpha value is -0.900. The second kappa shape index (κ2) is 6.32. The van der Waals surface area contributed by atoms with Crippen molar-refractivity contribution in [3.8, 4) is 0 Å². The summed E-state index contributed by atoms with van der Waals surface area (Å²) in [5.74, 6) is 0.827. The molecule has 1 unspecified atom stereocenters. The van der Waals surface area contributed by atoms with Gasteiger partial charge >= 0.3 is 0 Å². The Bertz CT molecular complexity index is 359. The molecule has 18 heavy (non-hydrogen) atoms. The van der Waals surface area contributed by atoms with E-state index < -0.39 is 0 Å². The van der Waals surface area contributed by atoms with Gasteiger partial charge in [-0.1, -0.05) is 24.3 Å². The van der Waals surface area contributed by atoms with Crippen LogP contribution in [0.15, 0.2) is 24.3 Å². The summed E-state index contributed by atoms with van der Waals surface area (Å²) in [5, 5.41) is 0. The second-order valence-electron chi connectivity index (χ2n) is 5.31. The summed E-state index contributed by atoms with van der Waals surface area (Å²) in [6.07, 6.45) is 2.69. The first-order chi connectivity index (χ1) is 8.74. The van der Waals surface area contributed by atoms with Gasteiger partial charge < -0.3 is 10.5 Å². The third-order valence-electron chi connectivity index (χ3n) is 3.74. The van der Waals surface area contributed by atoms with E-state index in [-0.39, 0.29) is 0 Å². The van der Waals surface area contributed by atoms with Crippen LogP contribution in [0.2, 0.25) is 0 Å². The maximum atomic E-state index is 5.87. The van der Waals surface area contributed by atoms with E-state index >= 15 is 0 Å². The van der Waals surface area contributed by atoms with E-state index in [9.17, 15) is 0 Å². The maximum Gasteiger partial charge on any atom is 0.0713 e. The van der Waals surface area contributed by atoms with Gasteiger partial charge in [0.25, 0.3) is 0 Å². The highest BCUT2D eigenvalue weighted by molar-refractivity contribution is 5.22. The minimum atomic E-state index is 0.545. The first-order valence-electron chi connectivity index (χ1n) is 6.71. The van der Waals surface area contributed by atoms with Crippen molar-refractivity contribution < 1.29 is 4.74 Å². The molecule has 1 fully saturated rings. The summed E-state index contributed by atoms with van der Waals surface area (Å²) >= 11 is 0. The minimum absolute atomic E-state index is 0.545. The lowest BCUT2D eigenvalue weighted by Gasteiger charge is -2.27. The number of hydrogen-bond acceptors (Lipinski definition) is 3. The van der Waals surface area contributed by atoms with Gasteiger partial charge in [0.05, 0.1) is 6.61 Å². The molecule has 0 radical (unpaired) electrons. The van der Waals surface area contributed by atoms with Gasteiger partial charge in [-0.2, -0.15) is 0 Å². The van der Waals surface area contributed by atoms with Crippen LogP contribution in [-0.4, -0.2) is 31.6 Å². The second-order valence-corrected chi connectivity index (χ2v) is 5.31. The van der Waals surface area contributed by atoms with Crippen LogP contribution in [0.4, 0.5) is 0 Å². The van der Waals surface area contributed by atoms with Gasteiger partial charge in [0, 0.05) is 26.2 Å². The van der Waals surface area contributed by atoms with Gasteiger partial charge in [-0.3, -0.25) is 4.90 Å². The van der Waals surface area contributed by atoms with Crippen LogP contribution in [0.3, 0.4) is 0 Å². The van der Waals surface area contributed by atoms with E-state index in [1.165, 1.54) is 24.0 Å². The molecule has 2 rings (SSSR count). The fourth-order valence-corrected chi connectivity index (χ4v) is 2.53. The Morgan fingerprint density at radius 1 is 1.28 bits per heavy atom. The van der Waals surface area contributed by atoms with Crippen LogP contribution < -0.4 is 5.73 Å². The molecule has 0 spiro atoms. The summed E-state index contributed by atoms with van der Waals surface area (Å²) < 4.78 is 5.12. The molecule has 0 amide bonds. The van der Waals surface area contributed by atoms with Crippen LogP contribution in [0.5, 0.6) is 0 Å². The predicted octanol–water partition coefficient (Wildman–Crippen LogP) is 2.00. The van der Waals surface area contributed by atoms with E-state index in [4.69, 9.17) is 10.5 Å². The standard InChI is InChI=1S/C15H24N2O/c1-17(15(9-16)14-7-8-14)10-12-3-5-13(6-4-12)11-18-2/h3-6,14-15H,7-11,16H2,1-2H3. The lowest BCUT2D eigenvalue weighted by molar-refractivity contribution is 0.185. The molecule has 0 aromatic heterocycles. The van der Waals surface area contributed by atoms with Gasteiger partial charge in [-0.15, -0.1) is 0 Å². The van der Waals surface area contributed by atoms with E-state index in [0.29, 0.717) is 12.6 Å². The number of nitrogens with two attached hydrogens (primary N) is 1. The molecule has 1 saturated carbocycles. The average molecular weight is 248 g/mol. The van der Waals surface area contributed by atoms with Gasteiger partial charge in [0.2, 0.25) is 0 Å². The Kier molecular flexibility index (Phi) is 4.75. The Labute approximate surface area is 110 Å². The van der Waals surface area contributed by atoms with Crippen molar-refractivity contribution in [3.05, 3.63) is 35.4 Å². The van der Waals surface area contributed by atoms with Crippen molar-refractivity contribution in [3.63, 3.8) is 0 Å². The van der Waals surface area contributed by atoms with Crippen molar-refractivity contribution in [2.45, 2.75) is 32.0 Å². The predicted molar refractivity (Wildman–Crippen MR) is 74.2 cm³/mol. The minimum Gasteiger partial charge on any atom is -0.380 e. The van der Waals surface area contributed by atoms with Crippen LogP contribution in [-0.2, 0) is 17.9 Å². The topological polar surface area (TPSA) is 38.5 Å².